The first-order valence-corrected chi connectivity index (χ1v) is 7.76. The maximum atomic E-state index is 6.00. The van der Waals surface area contributed by atoms with E-state index in [1.54, 1.807) is 14.2 Å². The summed E-state index contributed by atoms with van der Waals surface area (Å²) in [5.74, 6) is 3.34. The lowest BCUT2D eigenvalue weighted by Gasteiger charge is -2.22. The monoisotopic (exact) mass is 338 g/mol. The highest BCUT2D eigenvalue weighted by Gasteiger charge is 2.26. The summed E-state index contributed by atoms with van der Waals surface area (Å²) in [5.41, 5.74) is 3.27. The Kier molecular flexibility index (Phi) is 2.91. The van der Waals surface area contributed by atoms with Crippen molar-refractivity contribution in [1.29, 1.82) is 0 Å². The van der Waals surface area contributed by atoms with Gasteiger partial charge in [-0.05, 0) is 18.2 Å². The van der Waals surface area contributed by atoms with E-state index < -0.39 is 0 Å². The van der Waals surface area contributed by atoms with Crippen LogP contribution in [-0.2, 0) is 6.61 Å². The molecule has 0 bridgehead atoms. The number of methoxy groups -OCH3 is 2. The van der Waals surface area contributed by atoms with Gasteiger partial charge >= 0.3 is 0 Å². The quantitative estimate of drug-likeness (QED) is 0.711. The summed E-state index contributed by atoms with van der Waals surface area (Å²) in [4.78, 5) is 0. The van der Waals surface area contributed by atoms with Gasteiger partial charge in [-0.15, -0.1) is 10.2 Å². The van der Waals surface area contributed by atoms with Crippen LogP contribution in [-0.4, -0.2) is 31.2 Å². The molecule has 126 valence electrons. The van der Waals surface area contributed by atoms with Crippen LogP contribution in [0.3, 0.4) is 0 Å². The average molecular weight is 338 g/mol. The largest absolute Gasteiger partial charge is 0.493 e. The lowest BCUT2D eigenvalue weighted by molar-refractivity contribution is 0.174. The van der Waals surface area contributed by atoms with Crippen molar-refractivity contribution in [3.8, 4) is 40.0 Å². The molecule has 0 N–H and O–H groups in total. The Morgan fingerprint density at radius 1 is 0.880 bits per heavy atom. The lowest BCUT2D eigenvalue weighted by Crippen LogP contribution is -2.09. The van der Waals surface area contributed by atoms with Gasteiger partial charge in [0.1, 0.15) is 17.8 Å². The van der Waals surface area contributed by atoms with E-state index in [1.165, 1.54) is 0 Å². The van der Waals surface area contributed by atoms with Crippen LogP contribution in [0.4, 0.5) is 0 Å². The molecule has 0 atom stereocenters. The highest BCUT2D eigenvalue weighted by molar-refractivity contribution is 5.94. The van der Waals surface area contributed by atoms with Gasteiger partial charge < -0.3 is 23.7 Å². The van der Waals surface area contributed by atoms with E-state index in [0.717, 1.165) is 16.5 Å². The summed E-state index contributed by atoms with van der Waals surface area (Å²) in [5, 5.41) is 9.55. The van der Waals surface area contributed by atoms with E-state index in [9.17, 15) is 0 Å². The highest BCUT2D eigenvalue weighted by atomic mass is 16.7. The molecule has 2 aliphatic rings. The van der Waals surface area contributed by atoms with Crippen LogP contribution in [0.1, 0.15) is 5.56 Å². The zero-order chi connectivity index (χ0) is 17.0. The van der Waals surface area contributed by atoms with Crippen LogP contribution >= 0.6 is 0 Å². The molecule has 0 saturated heterocycles. The van der Waals surface area contributed by atoms with Crippen molar-refractivity contribution >= 4 is 10.9 Å². The fourth-order valence-electron chi connectivity index (χ4n) is 3.21. The third-order valence-corrected chi connectivity index (χ3v) is 4.44. The molecule has 3 heterocycles. The number of benzene rings is 2. The zero-order valence-electron chi connectivity index (χ0n) is 13.7. The Balaban J connectivity index is 1.75. The van der Waals surface area contributed by atoms with Crippen LogP contribution < -0.4 is 23.7 Å². The third kappa shape index (κ3) is 1.98. The molecule has 25 heavy (non-hydrogen) atoms. The van der Waals surface area contributed by atoms with Crippen molar-refractivity contribution in [3.05, 3.63) is 29.8 Å². The lowest BCUT2D eigenvalue weighted by atomic mass is 9.99. The van der Waals surface area contributed by atoms with E-state index in [1.807, 2.05) is 24.3 Å². The maximum Gasteiger partial charge on any atom is 0.231 e. The van der Waals surface area contributed by atoms with Gasteiger partial charge in [-0.3, -0.25) is 0 Å². The predicted octanol–water partition coefficient (Wildman–Crippen LogP) is 2.94. The highest BCUT2D eigenvalue weighted by Crippen LogP contribution is 2.46. The third-order valence-electron chi connectivity index (χ3n) is 4.44. The molecule has 2 aromatic carbocycles. The molecule has 0 aliphatic carbocycles. The molecule has 0 unspecified atom stereocenters. The van der Waals surface area contributed by atoms with Crippen molar-refractivity contribution < 1.29 is 23.7 Å². The number of hydrogen-bond donors (Lipinski definition) is 0. The van der Waals surface area contributed by atoms with Crippen molar-refractivity contribution in [2.75, 3.05) is 21.0 Å². The number of rotatable bonds is 2. The minimum atomic E-state index is 0.210. The molecule has 0 radical (unpaired) electrons. The van der Waals surface area contributed by atoms with Gasteiger partial charge in [0.15, 0.2) is 28.7 Å². The molecule has 1 aromatic heterocycles. The number of nitrogens with zero attached hydrogens (tertiary/aromatic N) is 2. The standard InChI is InChI=1S/C18H14N2O5/c1-21-13-3-9-7-23-18-11-5-15-16(25-8-24-15)6-12(11)19-20-17(18)10(9)4-14(13)22-2/h3-6H,7-8H2,1-2H3. The van der Waals surface area contributed by atoms with Gasteiger partial charge in [-0.2, -0.15) is 0 Å². The molecule has 0 spiro atoms. The Morgan fingerprint density at radius 2 is 1.64 bits per heavy atom. The summed E-state index contributed by atoms with van der Waals surface area (Å²) in [6.45, 7) is 0.625. The zero-order valence-corrected chi connectivity index (χ0v) is 13.7. The smallest absolute Gasteiger partial charge is 0.231 e. The molecular formula is C18H14N2O5. The second-order valence-electron chi connectivity index (χ2n) is 5.75. The van der Waals surface area contributed by atoms with Crippen LogP contribution in [0.2, 0.25) is 0 Å². The van der Waals surface area contributed by atoms with E-state index in [0.29, 0.717) is 46.6 Å². The minimum Gasteiger partial charge on any atom is -0.493 e. The summed E-state index contributed by atoms with van der Waals surface area (Å²) >= 11 is 0. The fraction of sp³-hybridized carbons (Fsp3) is 0.222. The summed E-state index contributed by atoms with van der Waals surface area (Å²) in [6, 6.07) is 7.51. The fourth-order valence-corrected chi connectivity index (χ4v) is 3.21. The van der Waals surface area contributed by atoms with Crippen LogP contribution in [0, 0.1) is 0 Å². The van der Waals surface area contributed by atoms with E-state index in [2.05, 4.69) is 10.2 Å². The van der Waals surface area contributed by atoms with Crippen molar-refractivity contribution in [1.82, 2.24) is 10.2 Å². The first-order valence-electron chi connectivity index (χ1n) is 7.76. The van der Waals surface area contributed by atoms with Gasteiger partial charge in [0, 0.05) is 17.2 Å². The van der Waals surface area contributed by atoms with Gasteiger partial charge in [-0.25, -0.2) is 0 Å². The Bertz CT molecular complexity index is 1020. The minimum absolute atomic E-state index is 0.210. The van der Waals surface area contributed by atoms with Crippen molar-refractivity contribution in [3.63, 3.8) is 0 Å². The van der Waals surface area contributed by atoms with E-state index in [4.69, 9.17) is 23.7 Å². The topological polar surface area (TPSA) is 71.9 Å². The number of ether oxygens (including phenoxy) is 5. The van der Waals surface area contributed by atoms with E-state index in [-0.39, 0.29) is 6.79 Å². The number of hydrogen-bond acceptors (Lipinski definition) is 7. The number of fused-ring (bicyclic) bond motifs is 6. The molecule has 3 aromatic rings. The molecule has 2 aliphatic heterocycles. The van der Waals surface area contributed by atoms with Gasteiger partial charge in [0.25, 0.3) is 0 Å². The molecule has 0 saturated carbocycles. The Morgan fingerprint density at radius 3 is 2.44 bits per heavy atom. The second-order valence-corrected chi connectivity index (χ2v) is 5.75. The van der Waals surface area contributed by atoms with Crippen LogP contribution in [0.5, 0.6) is 28.7 Å². The molecular weight excluding hydrogens is 324 g/mol. The van der Waals surface area contributed by atoms with Gasteiger partial charge in [-0.1, -0.05) is 0 Å². The SMILES string of the molecule is COc1cc2c(cc1OC)-c1nnc3cc4c(cc3c1OC2)OCO4. The first kappa shape index (κ1) is 14.2. The average Bonchev–Trinajstić information content (AvgIpc) is 3.11. The Labute approximate surface area is 143 Å². The summed E-state index contributed by atoms with van der Waals surface area (Å²) in [6.07, 6.45) is 0. The predicted molar refractivity (Wildman–Crippen MR) is 88.5 cm³/mol. The second kappa shape index (κ2) is 5.14. The molecule has 7 heteroatoms. The van der Waals surface area contributed by atoms with Crippen LogP contribution in [0.15, 0.2) is 24.3 Å². The first-order chi connectivity index (χ1) is 12.3. The Hall–Kier alpha value is -3.22. The van der Waals surface area contributed by atoms with Crippen molar-refractivity contribution in [2.45, 2.75) is 6.61 Å². The molecule has 7 nitrogen and oxygen atoms in total. The summed E-state index contributed by atoms with van der Waals surface area (Å²) < 4.78 is 27.7. The van der Waals surface area contributed by atoms with Gasteiger partial charge in [0.2, 0.25) is 6.79 Å². The van der Waals surface area contributed by atoms with E-state index >= 15 is 0 Å². The van der Waals surface area contributed by atoms with Crippen molar-refractivity contribution in [2.24, 2.45) is 0 Å². The van der Waals surface area contributed by atoms with Gasteiger partial charge in [0.05, 0.1) is 19.6 Å². The molecule has 0 fully saturated rings. The van der Waals surface area contributed by atoms with Crippen LogP contribution in [0.25, 0.3) is 22.2 Å². The molecule has 5 rings (SSSR count). The number of aromatic nitrogens is 2. The maximum absolute atomic E-state index is 6.00. The normalized spacial score (nSPS) is 13.8. The summed E-state index contributed by atoms with van der Waals surface area (Å²) in [7, 11) is 3.22. The molecule has 0 amide bonds.